The van der Waals surface area contributed by atoms with Crippen LogP contribution >= 0.6 is 0 Å². The number of hydrogen-bond donors (Lipinski definition) is 1. The minimum Gasteiger partial charge on any atom is -0.391 e. The van der Waals surface area contributed by atoms with Gasteiger partial charge in [0.15, 0.2) is 0 Å². The summed E-state index contributed by atoms with van der Waals surface area (Å²) in [6, 6.07) is 0. The van der Waals surface area contributed by atoms with Gasteiger partial charge in [-0.2, -0.15) is 0 Å². The second kappa shape index (κ2) is 17.0. The molecule has 0 spiro atoms. The third-order valence-electron chi connectivity index (χ3n) is 4.00. The molecule has 0 aromatic heterocycles. The lowest BCUT2D eigenvalue weighted by molar-refractivity contribution is 0.0576. The topological polar surface area (TPSA) is 29.5 Å². The lowest BCUT2D eigenvalue weighted by atomic mass is 10.0. The monoisotopic (exact) mass is 286 g/mol. The van der Waals surface area contributed by atoms with Crippen molar-refractivity contribution in [2.45, 2.75) is 103 Å². The maximum atomic E-state index is 9.50. The third-order valence-corrected chi connectivity index (χ3v) is 4.00. The van der Waals surface area contributed by atoms with E-state index in [2.05, 4.69) is 6.92 Å². The van der Waals surface area contributed by atoms with Crippen molar-refractivity contribution < 1.29 is 9.84 Å². The Morgan fingerprint density at radius 3 is 1.50 bits per heavy atom. The van der Waals surface area contributed by atoms with Crippen molar-refractivity contribution in [2.24, 2.45) is 0 Å². The zero-order valence-electron chi connectivity index (χ0n) is 14.0. The molecular weight excluding hydrogens is 248 g/mol. The fourth-order valence-corrected chi connectivity index (χ4v) is 2.67. The van der Waals surface area contributed by atoms with Crippen LogP contribution in [-0.4, -0.2) is 24.9 Å². The van der Waals surface area contributed by atoms with E-state index in [1.165, 1.54) is 77.0 Å². The van der Waals surface area contributed by atoms with Crippen molar-refractivity contribution in [1.29, 1.82) is 0 Å². The van der Waals surface area contributed by atoms with Gasteiger partial charge in [-0.15, -0.1) is 0 Å². The summed E-state index contributed by atoms with van der Waals surface area (Å²) in [5.41, 5.74) is 0. The van der Waals surface area contributed by atoms with Gasteiger partial charge in [-0.25, -0.2) is 0 Å². The Morgan fingerprint density at radius 2 is 1.10 bits per heavy atom. The number of aliphatic hydroxyl groups excluding tert-OH is 1. The molecule has 2 nitrogen and oxygen atoms in total. The quantitative estimate of drug-likeness (QED) is 0.381. The summed E-state index contributed by atoms with van der Waals surface area (Å²) in [4.78, 5) is 0. The van der Waals surface area contributed by atoms with Gasteiger partial charge in [0.2, 0.25) is 0 Å². The van der Waals surface area contributed by atoms with Crippen LogP contribution in [0.15, 0.2) is 0 Å². The predicted octanol–water partition coefficient (Wildman–Crippen LogP) is 5.48. The van der Waals surface area contributed by atoms with Crippen molar-refractivity contribution in [3.8, 4) is 0 Å². The van der Waals surface area contributed by atoms with Crippen LogP contribution in [0.25, 0.3) is 0 Å². The summed E-state index contributed by atoms with van der Waals surface area (Å²) >= 11 is 0. The first-order chi connectivity index (χ1) is 9.81. The molecule has 0 bridgehead atoms. The lowest BCUT2D eigenvalue weighted by Crippen LogP contribution is -2.13. The molecule has 1 unspecified atom stereocenters. The first kappa shape index (κ1) is 19.9. The van der Waals surface area contributed by atoms with E-state index >= 15 is 0 Å². The van der Waals surface area contributed by atoms with Gasteiger partial charge < -0.3 is 9.84 Å². The van der Waals surface area contributed by atoms with Crippen LogP contribution in [0.2, 0.25) is 0 Å². The molecule has 0 radical (unpaired) electrons. The number of ether oxygens (including phenoxy) is 1. The number of hydrogen-bond acceptors (Lipinski definition) is 2. The van der Waals surface area contributed by atoms with E-state index in [0.717, 1.165) is 12.8 Å². The molecule has 2 heteroatoms. The molecule has 0 aliphatic carbocycles. The third kappa shape index (κ3) is 16.0. The Morgan fingerprint density at radius 1 is 0.700 bits per heavy atom. The molecule has 1 N–H and O–H groups in total. The standard InChI is InChI=1S/C18H38O2/c1-3-4-5-6-7-8-9-10-11-12-13-14-15-16-18(19)17-20-2/h18-19H,3-17H2,1-2H3. The Bertz CT molecular complexity index is 171. The van der Waals surface area contributed by atoms with Crippen LogP contribution in [0.1, 0.15) is 96.8 Å². The highest BCUT2D eigenvalue weighted by Crippen LogP contribution is 2.13. The smallest absolute Gasteiger partial charge is 0.0773 e. The molecule has 20 heavy (non-hydrogen) atoms. The van der Waals surface area contributed by atoms with Gasteiger partial charge in [-0.05, 0) is 6.42 Å². The summed E-state index contributed by atoms with van der Waals surface area (Å²) in [5, 5.41) is 9.50. The average Bonchev–Trinajstić information content (AvgIpc) is 2.44. The number of methoxy groups -OCH3 is 1. The second-order valence-corrected chi connectivity index (χ2v) is 6.14. The van der Waals surface area contributed by atoms with E-state index in [1.807, 2.05) is 0 Å². The van der Waals surface area contributed by atoms with Gasteiger partial charge >= 0.3 is 0 Å². The molecule has 0 aromatic rings. The van der Waals surface area contributed by atoms with Crippen LogP contribution in [0, 0.1) is 0 Å². The maximum Gasteiger partial charge on any atom is 0.0773 e. The molecular formula is C18H38O2. The highest BCUT2D eigenvalue weighted by atomic mass is 16.5. The van der Waals surface area contributed by atoms with Crippen LogP contribution in [-0.2, 0) is 4.74 Å². The van der Waals surface area contributed by atoms with Crippen molar-refractivity contribution in [3.05, 3.63) is 0 Å². The molecule has 0 heterocycles. The molecule has 0 aliphatic rings. The van der Waals surface area contributed by atoms with Crippen molar-refractivity contribution >= 4 is 0 Å². The highest BCUT2D eigenvalue weighted by Gasteiger charge is 2.02. The fraction of sp³-hybridized carbons (Fsp3) is 1.00. The SMILES string of the molecule is CCCCCCCCCCCCCCCC(O)COC. The van der Waals surface area contributed by atoms with Gasteiger partial charge in [0.25, 0.3) is 0 Å². The number of unbranched alkanes of at least 4 members (excludes halogenated alkanes) is 12. The second-order valence-electron chi connectivity index (χ2n) is 6.14. The summed E-state index contributed by atoms with van der Waals surface area (Å²) in [5.74, 6) is 0. The molecule has 0 aromatic carbocycles. The van der Waals surface area contributed by atoms with E-state index in [4.69, 9.17) is 4.74 Å². The fourth-order valence-electron chi connectivity index (χ4n) is 2.67. The van der Waals surface area contributed by atoms with Gasteiger partial charge in [0, 0.05) is 7.11 Å². The number of aliphatic hydroxyl groups is 1. The van der Waals surface area contributed by atoms with Crippen molar-refractivity contribution in [3.63, 3.8) is 0 Å². The number of rotatable bonds is 16. The first-order valence-corrected chi connectivity index (χ1v) is 8.98. The summed E-state index contributed by atoms with van der Waals surface area (Å²) < 4.78 is 4.92. The van der Waals surface area contributed by atoms with Gasteiger partial charge in [-0.3, -0.25) is 0 Å². The zero-order valence-corrected chi connectivity index (χ0v) is 14.0. The minimum absolute atomic E-state index is 0.257. The van der Waals surface area contributed by atoms with E-state index < -0.39 is 0 Å². The summed E-state index contributed by atoms with van der Waals surface area (Å²) in [6.07, 6.45) is 18.5. The zero-order chi connectivity index (χ0) is 14.9. The molecule has 0 rings (SSSR count). The molecule has 0 fully saturated rings. The Hall–Kier alpha value is -0.0800. The Kier molecular flexibility index (Phi) is 16.9. The van der Waals surface area contributed by atoms with Crippen molar-refractivity contribution in [2.75, 3.05) is 13.7 Å². The minimum atomic E-state index is -0.257. The normalized spacial score (nSPS) is 12.8. The van der Waals surface area contributed by atoms with Crippen LogP contribution in [0.5, 0.6) is 0 Å². The van der Waals surface area contributed by atoms with E-state index in [0.29, 0.717) is 6.61 Å². The molecule has 122 valence electrons. The van der Waals surface area contributed by atoms with E-state index in [-0.39, 0.29) is 6.10 Å². The first-order valence-electron chi connectivity index (χ1n) is 8.98. The van der Waals surface area contributed by atoms with Crippen molar-refractivity contribution in [1.82, 2.24) is 0 Å². The van der Waals surface area contributed by atoms with Crippen LogP contribution < -0.4 is 0 Å². The molecule has 1 atom stereocenters. The Balaban J connectivity index is 2.99. The molecule has 0 saturated heterocycles. The average molecular weight is 286 g/mol. The predicted molar refractivity (Wildman–Crippen MR) is 88.2 cm³/mol. The maximum absolute atomic E-state index is 9.50. The summed E-state index contributed by atoms with van der Waals surface area (Å²) in [7, 11) is 1.65. The molecule has 0 amide bonds. The summed E-state index contributed by atoms with van der Waals surface area (Å²) in [6.45, 7) is 2.76. The Labute approximate surface area is 127 Å². The van der Waals surface area contributed by atoms with Gasteiger partial charge in [0.05, 0.1) is 12.7 Å². The van der Waals surface area contributed by atoms with E-state index in [9.17, 15) is 5.11 Å². The van der Waals surface area contributed by atoms with Crippen LogP contribution in [0.3, 0.4) is 0 Å². The largest absolute Gasteiger partial charge is 0.391 e. The van der Waals surface area contributed by atoms with Crippen LogP contribution in [0.4, 0.5) is 0 Å². The molecule has 0 aliphatic heterocycles. The molecule has 0 saturated carbocycles. The van der Waals surface area contributed by atoms with Gasteiger partial charge in [-0.1, -0.05) is 90.4 Å². The lowest BCUT2D eigenvalue weighted by Gasteiger charge is -2.08. The van der Waals surface area contributed by atoms with E-state index in [1.54, 1.807) is 7.11 Å². The van der Waals surface area contributed by atoms with Gasteiger partial charge in [0.1, 0.15) is 0 Å². The highest BCUT2D eigenvalue weighted by molar-refractivity contribution is 4.54.